The molecule has 1 rings (SSSR count). The molecule has 1 aromatic rings. The first-order valence-electron chi connectivity index (χ1n) is 6.58. The summed E-state index contributed by atoms with van der Waals surface area (Å²) in [6.07, 6.45) is -0.424. The molecule has 0 aliphatic carbocycles. The lowest BCUT2D eigenvalue weighted by Crippen LogP contribution is -2.52. The summed E-state index contributed by atoms with van der Waals surface area (Å²) in [5.41, 5.74) is 6.05. The molecule has 0 bridgehead atoms. The smallest absolute Gasteiger partial charge is 0.305 e. The van der Waals surface area contributed by atoms with Gasteiger partial charge in [-0.25, -0.2) is 0 Å². The third-order valence-corrected chi connectivity index (χ3v) is 3.06. The van der Waals surface area contributed by atoms with E-state index in [2.05, 4.69) is 5.32 Å². The van der Waals surface area contributed by atoms with Crippen LogP contribution >= 0.6 is 0 Å². The Hall–Kier alpha value is -2.45. The van der Waals surface area contributed by atoms with Crippen molar-refractivity contribution in [2.45, 2.75) is 24.9 Å². The maximum Gasteiger partial charge on any atom is 0.305 e. The molecule has 0 spiro atoms. The standard InChI is InChI=1S/C14H19N3O5/c1-17(22)11(8-12(18)19)14(21)16-10(13(15)20)7-9-5-3-2-4-6-9/h2-6,10-11,22H,7-8H2,1H3,(H2,15,20)(H,16,21)(H,18,19)/t10-,11+/m0/s1. The molecule has 2 amide bonds. The second kappa shape index (κ2) is 8.11. The van der Waals surface area contributed by atoms with E-state index in [0.29, 0.717) is 5.06 Å². The second-order valence-corrected chi connectivity index (χ2v) is 4.84. The number of carboxylic acids is 1. The molecule has 0 aromatic heterocycles. The fraction of sp³-hybridized carbons (Fsp3) is 0.357. The summed E-state index contributed by atoms with van der Waals surface area (Å²) in [7, 11) is 1.16. The van der Waals surface area contributed by atoms with E-state index in [1.54, 1.807) is 24.3 Å². The number of hydrogen-bond donors (Lipinski definition) is 4. The Morgan fingerprint density at radius 2 is 1.86 bits per heavy atom. The Kier molecular flexibility index (Phi) is 6.48. The van der Waals surface area contributed by atoms with Crippen molar-refractivity contribution in [3.8, 4) is 0 Å². The Balaban J connectivity index is 2.78. The Morgan fingerprint density at radius 1 is 1.27 bits per heavy atom. The van der Waals surface area contributed by atoms with Crippen LogP contribution in [0.2, 0.25) is 0 Å². The average molecular weight is 309 g/mol. The first-order valence-corrected chi connectivity index (χ1v) is 6.58. The fourth-order valence-electron chi connectivity index (χ4n) is 1.90. The number of carbonyl (C=O) groups excluding carboxylic acids is 2. The van der Waals surface area contributed by atoms with Gasteiger partial charge < -0.3 is 21.4 Å². The molecule has 0 aliphatic rings. The van der Waals surface area contributed by atoms with Crippen molar-refractivity contribution < 1.29 is 24.7 Å². The molecule has 120 valence electrons. The Labute approximate surface area is 127 Å². The maximum absolute atomic E-state index is 12.0. The lowest BCUT2D eigenvalue weighted by atomic mass is 10.0. The normalized spacial score (nSPS) is 13.4. The topological polar surface area (TPSA) is 133 Å². The van der Waals surface area contributed by atoms with Crippen molar-refractivity contribution in [1.29, 1.82) is 0 Å². The number of nitrogens with two attached hydrogens (primary N) is 1. The highest BCUT2D eigenvalue weighted by atomic mass is 16.5. The summed E-state index contributed by atoms with van der Waals surface area (Å²) in [5.74, 6) is -2.78. The molecule has 22 heavy (non-hydrogen) atoms. The Bertz CT molecular complexity index is 533. The first-order chi connectivity index (χ1) is 10.3. The van der Waals surface area contributed by atoms with Gasteiger partial charge in [-0.15, -0.1) is 0 Å². The van der Waals surface area contributed by atoms with Crippen molar-refractivity contribution in [3.05, 3.63) is 35.9 Å². The molecule has 8 heteroatoms. The zero-order valence-electron chi connectivity index (χ0n) is 12.1. The highest BCUT2D eigenvalue weighted by molar-refractivity contribution is 5.91. The summed E-state index contributed by atoms with van der Waals surface area (Å²) in [6.45, 7) is 0. The monoisotopic (exact) mass is 309 g/mol. The lowest BCUT2D eigenvalue weighted by Gasteiger charge is -2.23. The molecular weight excluding hydrogens is 290 g/mol. The van der Waals surface area contributed by atoms with Gasteiger partial charge in [0.15, 0.2) is 0 Å². The largest absolute Gasteiger partial charge is 0.481 e. The molecule has 2 atom stereocenters. The van der Waals surface area contributed by atoms with Crippen molar-refractivity contribution in [2.75, 3.05) is 7.05 Å². The number of carbonyl (C=O) groups is 3. The van der Waals surface area contributed by atoms with E-state index in [4.69, 9.17) is 10.8 Å². The van der Waals surface area contributed by atoms with Crippen LogP contribution < -0.4 is 11.1 Å². The van der Waals surface area contributed by atoms with Crippen LogP contribution in [0.1, 0.15) is 12.0 Å². The summed E-state index contributed by atoms with van der Waals surface area (Å²) in [5, 5.41) is 21.0. The predicted octanol–water partition coefficient (Wildman–Crippen LogP) is -0.636. The number of amides is 2. The van der Waals surface area contributed by atoms with Gasteiger partial charge in [-0.05, 0) is 5.56 Å². The molecule has 0 unspecified atom stereocenters. The summed E-state index contributed by atoms with van der Waals surface area (Å²) >= 11 is 0. The molecular formula is C14H19N3O5. The highest BCUT2D eigenvalue weighted by Crippen LogP contribution is 2.05. The maximum atomic E-state index is 12.0. The quantitative estimate of drug-likeness (QED) is 0.472. The molecule has 0 radical (unpaired) electrons. The van der Waals surface area contributed by atoms with E-state index in [1.165, 1.54) is 0 Å². The number of benzene rings is 1. The van der Waals surface area contributed by atoms with Gasteiger partial charge in [0.25, 0.3) is 0 Å². The minimum absolute atomic E-state index is 0.177. The van der Waals surface area contributed by atoms with Crippen LogP contribution in [0.3, 0.4) is 0 Å². The Morgan fingerprint density at radius 3 is 2.32 bits per heavy atom. The lowest BCUT2D eigenvalue weighted by molar-refractivity contribution is -0.158. The summed E-state index contributed by atoms with van der Waals surface area (Å²) in [4.78, 5) is 34.2. The third kappa shape index (κ3) is 5.51. The van der Waals surface area contributed by atoms with E-state index in [0.717, 1.165) is 12.6 Å². The number of carboxylic acid groups (broad SMARTS) is 1. The number of nitrogens with one attached hydrogen (secondary N) is 1. The van der Waals surface area contributed by atoms with E-state index in [9.17, 15) is 19.6 Å². The SMILES string of the molecule is CN(O)[C@H](CC(=O)O)C(=O)N[C@@H](Cc1ccccc1)C(N)=O. The highest BCUT2D eigenvalue weighted by Gasteiger charge is 2.28. The molecule has 0 saturated carbocycles. The van der Waals surface area contributed by atoms with Gasteiger partial charge in [-0.1, -0.05) is 30.3 Å². The minimum atomic E-state index is -1.31. The van der Waals surface area contributed by atoms with Crippen molar-refractivity contribution in [3.63, 3.8) is 0 Å². The summed E-state index contributed by atoms with van der Waals surface area (Å²) in [6, 6.07) is 6.62. The van der Waals surface area contributed by atoms with Crippen LogP contribution in [0.4, 0.5) is 0 Å². The number of likely N-dealkylation sites (N-methyl/N-ethyl adjacent to an activating group) is 1. The van der Waals surface area contributed by atoms with E-state index >= 15 is 0 Å². The fourth-order valence-corrected chi connectivity index (χ4v) is 1.90. The van der Waals surface area contributed by atoms with Crippen molar-refractivity contribution in [1.82, 2.24) is 10.4 Å². The van der Waals surface area contributed by atoms with Crippen LogP contribution in [0.15, 0.2) is 30.3 Å². The van der Waals surface area contributed by atoms with Crippen molar-refractivity contribution in [2.24, 2.45) is 5.73 Å². The van der Waals surface area contributed by atoms with Gasteiger partial charge in [0.05, 0.1) is 6.42 Å². The molecule has 0 heterocycles. The number of hydroxylamine groups is 2. The number of aliphatic carboxylic acids is 1. The van der Waals surface area contributed by atoms with Crippen LogP contribution in [-0.4, -0.2) is 52.3 Å². The zero-order chi connectivity index (χ0) is 16.7. The average Bonchev–Trinajstić information content (AvgIpc) is 2.44. The minimum Gasteiger partial charge on any atom is -0.481 e. The van der Waals surface area contributed by atoms with Gasteiger partial charge in [0.2, 0.25) is 11.8 Å². The van der Waals surface area contributed by atoms with Crippen molar-refractivity contribution >= 4 is 17.8 Å². The van der Waals surface area contributed by atoms with Crippen LogP contribution in [-0.2, 0) is 20.8 Å². The van der Waals surface area contributed by atoms with Gasteiger partial charge in [-0.3, -0.25) is 14.4 Å². The number of rotatable bonds is 8. The molecule has 5 N–H and O–H groups in total. The number of primary amides is 1. The van der Waals surface area contributed by atoms with E-state index in [-0.39, 0.29) is 6.42 Å². The molecule has 0 fully saturated rings. The van der Waals surface area contributed by atoms with Crippen LogP contribution in [0.25, 0.3) is 0 Å². The number of nitrogens with zero attached hydrogens (tertiary/aromatic N) is 1. The zero-order valence-corrected chi connectivity index (χ0v) is 12.1. The molecule has 1 aromatic carbocycles. The summed E-state index contributed by atoms with van der Waals surface area (Å²) < 4.78 is 0. The van der Waals surface area contributed by atoms with E-state index < -0.39 is 36.3 Å². The van der Waals surface area contributed by atoms with Gasteiger partial charge in [-0.2, -0.15) is 5.06 Å². The van der Waals surface area contributed by atoms with Gasteiger partial charge in [0.1, 0.15) is 12.1 Å². The second-order valence-electron chi connectivity index (χ2n) is 4.84. The van der Waals surface area contributed by atoms with Crippen LogP contribution in [0, 0.1) is 0 Å². The molecule has 0 saturated heterocycles. The van der Waals surface area contributed by atoms with Crippen LogP contribution in [0.5, 0.6) is 0 Å². The molecule has 0 aliphatic heterocycles. The first kappa shape index (κ1) is 17.6. The predicted molar refractivity (Wildman–Crippen MR) is 76.9 cm³/mol. The number of hydrogen-bond acceptors (Lipinski definition) is 5. The van der Waals surface area contributed by atoms with Gasteiger partial charge >= 0.3 is 5.97 Å². The van der Waals surface area contributed by atoms with E-state index in [1.807, 2.05) is 6.07 Å². The molecule has 8 nitrogen and oxygen atoms in total. The third-order valence-electron chi connectivity index (χ3n) is 3.06. The van der Waals surface area contributed by atoms with Gasteiger partial charge in [0, 0.05) is 13.5 Å².